The molecule has 5 heteroatoms. The Bertz CT molecular complexity index is 602. The number of aromatic nitrogens is 2. The maximum atomic E-state index is 5.90. The number of halogens is 2. The number of nitrogens with zero attached hydrogens (tertiary/aromatic N) is 2. The Morgan fingerprint density at radius 2 is 1.83 bits per heavy atom. The van der Waals surface area contributed by atoms with Crippen molar-refractivity contribution in [1.29, 1.82) is 0 Å². The highest BCUT2D eigenvalue weighted by Crippen LogP contribution is 2.32. The summed E-state index contributed by atoms with van der Waals surface area (Å²) in [7, 11) is 0. The molecule has 0 saturated heterocycles. The van der Waals surface area contributed by atoms with Crippen molar-refractivity contribution in [2.45, 2.75) is 20.8 Å². The fourth-order valence-electron chi connectivity index (χ4n) is 1.44. The zero-order chi connectivity index (χ0) is 13.3. The molecular weight excluding hydrogens is 316 g/mol. The normalized spacial score (nSPS) is 10.5. The first kappa shape index (κ1) is 13.3. The monoisotopic (exact) mass is 326 g/mol. The van der Waals surface area contributed by atoms with Gasteiger partial charge in [-0.2, -0.15) is 0 Å². The molecule has 94 valence electrons. The molecule has 0 bridgehead atoms. The molecule has 0 radical (unpaired) electrons. The van der Waals surface area contributed by atoms with Crippen LogP contribution >= 0.6 is 27.5 Å². The van der Waals surface area contributed by atoms with Crippen molar-refractivity contribution in [1.82, 2.24) is 10.2 Å². The Balaban J connectivity index is 2.37. The average molecular weight is 328 g/mol. The van der Waals surface area contributed by atoms with Crippen LogP contribution in [0.25, 0.3) is 0 Å². The summed E-state index contributed by atoms with van der Waals surface area (Å²) in [5.74, 6) is 1.18. The summed E-state index contributed by atoms with van der Waals surface area (Å²) in [4.78, 5) is 0. The third kappa shape index (κ3) is 2.65. The van der Waals surface area contributed by atoms with Crippen molar-refractivity contribution < 1.29 is 4.74 Å². The van der Waals surface area contributed by atoms with Gasteiger partial charge in [-0.25, -0.2) is 0 Å². The van der Waals surface area contributed by atoms with Crippen molar-refractivity contribution >= 4 is 27.5 Å². The molecular formula is C13H12BrClN2O. The number of hydrogen-bond donors (Lipinski definition) is 0. The fourth-order valence-corrected chi connectivity index (χ4v) is 2.20. The lowest BCUT2D eigenvalue weighted by Crippen LogP contribution is -1.98. The smallest absolute Gasteiger partial charge is 0.242 e. The van der Waals surface area contributed by atoms with Crippen LogP contribution in [-0.4, -0.2) is 10.2 Å². The molecule has 0 aliphatic heterocycles. The van der Waals surface area contributed by atoms with E-state index in [1.807, 2.05) is 39.0 Å². The van der Waals surface area contributed by atoms with E-state index in [2.05, 4.69) is 26.1 Å². The molecule has 1 heterocycles. The van der Waals surface area contributed by atoms with Gasteiger partial charge in [0.25, 0.3) is 0 Å². The third-order valence-electron chi connectivity index (χ3n) is 2.72. The first-order chi connectivity index (χ1) is 8.49. The van der Waals surface area contributed by atoms with Gasteiger partial charge in [-0.05, 0) is 60.0 Å². The summed E-state index contributed by atoms with van der Waals surface area (Å²) >= 11 is 9.37. The topological polar surface area (TPSA) is 35.0 Å². The number of aryl methyl sites for hydroxylation is 1. The van der Waals surface area contributed by atoms with Crippen molar-refractivity contribution in [3.63, 3.8) is 0 Å². The van der Waals surface area contributed by atoms with Crippen LogP contribution < -0.4 is 4.74 Å². The fraction of sp³-hybridized carbons (Fsp3) is 0.231. The van der Waals surface area contributed by atoms with E-state index in [9.17, 15) is 0 Å². The Labute approximate surface area is 119 Å². The zero-order valence-corrected chi connectivity index (χ0v) is 12.6. The van der Waals surface area contributed by atoms with Crippen LogP contribution in [0.15, 0.2) is 22.7 Å². The summed E-state index contributed by atoms with van der Waals surface area (Å²) in [6, 6.07) is 5.86. The third-order valence-corrected chi connectivity index (χ3v) is 3.69. The van der Waals surface area contributed by atoms with Crippen molar-refractivity contribution in [3.05, 3.63) is 44.5 Å². The van der Waals surface area contributed by atoms with Gasteiger partial charge in [0.15, 0.2) is 5.15 Å². The van der Waals surface area contributed by atoms with Gasteiger partial charge in [0.2, 0.25) is 5.88 Å². The number of rotatable bonds is 2. The van der Waals surface area contributed by atoms with Gasteiger partial charge in [-0.15, -0.1) is 10.2 Å². The minimum atomic E-state index is 0.405. The molecule has 1 aromatic heterocycles. The van der Waals surface area contributed by atoms with Gasteiger partial charge in [0.1, 0.15) is 5.75 Å². The lowest BCUT2D eigenvalue weighted by Gasteiger charge is -2.10. The Morgan fingerprint density at radius 3 is 2.50 bits per heavy atom. The minimum Gasteiger partial charge on any atom is -0.436 e. The molecule has 18 heavy (non-hydrogen) atoms. The standard InChI is InChI=1S/C13H12BrClN2O/c1-7-4-5-11(10(14)6-7)18-13-9(3)8(2)12(15)16-17-13/h4-6H,1-3H3. The van der Waals surface area contributed by atoms with Crippen molar-refractivity contribution in [2.24, 2.45) is 0 Å². The largest absolute Gasteiger partial charge is 0.436 e. The molecule has 1 aromatic carbocycles. The van der Waals surface area contributed by atoms with Crippen LogP contribution in [0.3, 0.4) is 0 Å². The van der Waals surface area contributed by atoms with Crippen molar-refractivity contribution in [2.75, 3.05) is 0 Å². The Kier molecular flexibility index (Phi) is 3.88. The highest BCUT2D eigenvalue weighted by molar-refractivity contribution is 9.10. The second kappa shape index (κ2) is 5.24. The van der Waals surface area contributed by atoms with Crippen LogP contribution in [0.1, 0.15) is 16.7 Å². The SMILES string of the molecule is Cc1ccc(Oc2nnc(Cl)c(C)c2C)c(Br)c1. The van der Waals surface area contributed by atoms with E-state index >= 15 is 0 Å². The maximum Gasteiger partial charge on any atom is 0.242 e. The molecule has 0 spiro atoms. The molecule has 2 rings (SSSR count). The van der Waals surface area contributed by atoms with Gasteiger partial charge in [-0.3, -0.25) is 0 Å². The molecule has 0 unspecified atom stereocenters. The molecule has 0 fully saturated rings. The van der Waals surface area contributed by atoms with E-state index in [1.165, 1.54) is 0 Å². The summed E-state index contributed by atoms with van der Waals surface area (Å²) in [6.45, 7) is 5.82. The summed E-state index contributed by atoms with van der Waals surface area (Å²) in [6.07, 6.45) is 0. The van der Waals surface area contributed by atoms with Gasteiger partial charge in [-0.1, -0.05) is 17.7 Å². The highest BCUT2D eigenvalue weighted by atomic mass is 79.9. The van der Waals surface area contributed by atoms with Crippen molar-refractivity contribution in [3.8, 4) is 11.6 Å². The lowest BCUT2D eigenvalue weighted by atomic mass is 10.2. The van der Waals surface area contributed by atoms with Gasteiger partial charge < -0.3 is 4.74 Å². The van der Waals surface area contributed by atoms with Crippen LogP contribution in [0.4, 0.5) is 0 Å². The molecule has 0 aliphatic carbocycles. The lowest BCUT2D eigenvalue weighted by molar-refractivity contribution is 0.447. The number of hydrogen-bond acceptors (Lipinski definition) is 3. The molecule has 0 saturated carbocycles. The summed E-state index contributed by atoms with van der Waals surface area (Å²) in [5, 5.41) is 8.24. The maximum absolute atomic E-state index is 5.90. The first-order valence-electron chi connectivity index (χ1n) is 5.42. The molecule has 0 amide bonds. The van der Waals surface area contributed by atoms with E-state index in [4.69, 9.17) is 16.3 Å². The van der Waals surface area contributed by atoms with Gasteiger partial charge in [0.05, 0.1) is 4.47 Å². The summed E-state index contributed by atoms with van der Waals surface area (Å²) < 4.78 is 6.64. The van der Waals surface area contributed by atoms with Crippen LogP contribution in [-0.2, 0) is 0 Å². The van der Waals surface area contributed by atoms with E-state index in [-0.39, 0.29) is 0 Å². The second-order valence-corrected chi connectivity index (χ2v) is 5.29. The quantitative estimate of drug-likeness (QED) is 0.808. The zero-order valence-electron chi connectivity index (χ0n) is 10.3. The number of benzene rings is 1. The van der Waals surface area contributed by atoms with Crippen LogP contribution in [0.2, 0.25) is 5.15 Å². The first-order valence-corrected chi connectivity index (χ1v) is 6.59. The molecule has 2 aromatic rings. The van der Waals surface area contributed by atoms with E-state index in [1.54, 1.807) is 0 Å². The second-order valence-electron chi connectivity index (χ2n) is 4.08. The van der Waals surface area contributed by atoms with E-state index in [0.29, 0.717) is 16.8 Å². The van der Waals surface area contributed by atoms with Crippen LogP contribution in [0.5, 0.6) is 11.6 Å². The number of ether oxygens (including phenoxy) is 1. The molecule has 0 atom stereocenters. The Hall–Kier alpha value is -1.13. The predicted octanol–water partition coefficient (Wildman–Crippen LogP) is 4.61. The molecule has 3 nitrogen and oxygen atoms in total. The average Bonchev–Trinajstić information content (AvgIpc) is 2.33. The van der Waals surface area contributed by atoms with E-state index < -0.39 is 0 Å². The van der Waals surface area contributed by atoms with Gasteiger partial charge in [0, 0.05) is 5.56 Å². The summed E-state index contributed by atoms with van der Waals surface area (Å²) in [5.41, 5.74) is 2.93. The Morgan fingerprint density at radius 1 is 1.11 bits per heavy atom. The van der Waals surface area contributed by atoms with Gasteiger partial charge >= 0.3 is 0 Å². The predicted molar refractivity (Wildman–Crippen MR) is 75.5 cm³/mol. The molecule has 0 N–H and O–H groups in total. The van der Waals surface area contributed by atoms with Crippen LogP contribution in [0, 0.1) is 20.8 Å². The minimum absolute atomic E-state index is 0.405. The molecule has 0 aliphatic rings. The highest BCUT2D eigenvalue weighted by Gasteiger charge is 2.11. The van der Waals surface area contributed by atoms with E-state index in [0.717, 1.165) is 21.2 Å².